The molecule has 25 heavy (non-hydrogen) atoms. The Morgan fingerprint density at radius 2 is 2.04 bits per heavy atom. The van der Waals surface area contributed by atoms with Gasteiger partial charge in [0.15, 0.2) is 5.96 Å². The molecule has 0 aromatic heterocycles. The molecule has 1 aromatic rings. The number of halogens is 1. The van der Waals surface area contributed by atoms with Crippen LogP contribution in [-0.2, 0) is 9.84 Å². The summed E-state index contributed by atoms with van der Waals surface area (Å²) in [6, 6.07) is 8.09. The summed E-state index contributed by atoms with van der Waals surface area (Å²) in [7, 11) is -1.22. The van der Waals surface area contributed by atoms with E-state index in [2.05, 4.69) is 35.5 Å². The maximum Gasteiger partial charge on any atom is 0.191 e. The lowest BCUT2D eigenvalue weighted by molar-refractivity contribution is 0.0694. The summed E-state index contributed by atoms with van der Waals surface area (Å²) < 4.78 is 28.4. The molecule has 0 aliphatic carbocycles. The van der Waals surface area contributed by atoms with Gasteiger partial charge in [0.05, 0.1) is 11.8 Å². The number of para-hydroxylation sites is 1. The van der Waals surface area contributed by atoms with Crippen LogP contribution in [0.4, 0.5) is 0 Å². The second kappa shape index (κ2) is 9.07. The average Bonchev–Trinajstić information content (AvgIpc) is 2.48. The average molecular weight is 481 g/mol. The molecule has 2 N–H and O–H groups in total. The van der Waals surface area contributed by atoms with Crippen LogP contribution in [-0.4, -0.2) is 45.6 Å². The maximum absolute atomic E-state index is 11.2. The highest BCUT2D eigenvalue weighted by Gasteiger charge is 2.33. The molecular weight excluding hydrogens is 453 g/mol. The molecule has 1 aliphatic rings. The van der Waals surface area contributed by atoms with Gasteiger partial charge in [-0.2, -0.15) is 0 Å². The van der Waals surface area contributed by atoms with Gasteiger partial charge in [0.1, 0.15) is 21.2 Å². The molecule has 8 heteroatoms. The quantitative estimate of drug-likeness (QED) is 0.293. The van der Waals surface area contributed by atoms with Crippen LogP contribution in [0.5, 0.6) is 5.75 Å². The normalized spacial score (nSPS) is 19.2. The van der Waals surface area contributed by atoms with Gasteiger partial charge in [0, 0.05) is 31.8 Å². The first kappa shape index (κ1) is 22.0. The number of rotatable bonds is 5. The van der Waals surface area contributed by atoms with E-state index in [1.165, 1.54) is 6.26 Å². The van der Waals surface area contributed by atoms with Crippen LogP contribution in [0.15, 0.2) is 29.3 Å². The Morgan fingerprint density at radius 3 is 2.68 bits per heavy atom. The Hall–Kier alpha value is -1.03. The first-order valence-corrected chi connectivity index (χ1v) is 10.2. The van der Waals surface area contributed by atoms with E-state index in [1.54, 1.807) is 7.05 Å². The van der Waals surface area contributed by atoms with Crippen molar-refractivity contribution < 1.29 is 13.2 Å². The summed E-state index contributed by atoms with van der Waals surface area (Å²) >= 11 is 0. The van der Waals surface area contributed by atoms with Crippen molar-refractivity contribution in [2.24, 2.45) is 4.99 Å². The van der Waals surface area contributed by atoms with Crippen LogP contribution >= 0.6 is 24.0 Å². The number of benzene rings is 1. The monoisotopic (exact) mass is 481 g/mol. The Morgan fingerprint density at radius 1 is 1.36 bits per heavy atom. The molecule has 1 atom stereocenters. The van der Waals surface area contributed by atoms with Crippen LogP contribution in [0.1, 0.15) is 38.3 Å². The fraction of sp³-hybridized carbons (Fsp3) is 0.588. The minimum absolute atomic E-state index is 0. The lowest BCUT2D eigenvalue weighted by Crippen LogP contribution is -2.45. The summed E-state index contributed by atoms with van der Waals surface area (Å²) in [4.78, 5) is 4.24. The second-order valence-corrected chi connectivity index (χ2v) is 9.04. The number of hydrogen-bond donors (Lipinski definition) is 2. The van der Waals surface area contributed by atoms with Gasteiger partial charge in [-0.25, -0.2) is 8.42 Å². The van der Waals surface area contributed by atoms with Gasteiger partial charge in [0.2, 0.25) is 0 Å². The zero-order valence-electron chi connectivity index (χ0n) is 15.2. The number of aliphatic imine (C=N–C) groups is 1. The van der Waals surface area contributed by atoms with Crippen molar-refractivity contribution in [1.82, 2.24) is 10.6 Å². The second-order valence-electron chi connectivity index (χ2n) is 6.78. The maximum atomic E-state index is 11.2. The predicted octanol–water partition coefficient (Wildman–Crippen LogP) is 2.51. The summed E-state index contributed by atoms with van der Waals surface area (Å²) in [5.74, 6) is 1.73. The minimum Gasteiger partial charge on any atom is -0.487 e. The third-order valence-corrected chi connectivity index (χ3v) is 4.93. The fourth-order valence-corrected chi connectivity index (χ4v) is 3.50. The highest BCUT2D eigenvalue weighted by molar-refractivity contribution is 14.0. The molecule has 1 aliphatic heterocycles. The molecule has 0 spiro atoms. The Bertz CT molecular complexity index is 705. The number of guanidine groups is 1. The summed E-state index contributed by atoms with van der Waals surface area (Å²) in [6.07, 6.45) is 2.62. The molecule has 0 amide bonds. The van der Waals surface area contributed by atoms with Gasteiger partial charge in [-0.05, 0) is 26.3 Å². The lowest BCUT2D eigenvalue weighted by Gasteiger charge is -2.38. The lowest BCUT2D eigenvalue weighted by atomic mass is 9.90. The van der Waals surface area contributed by atoms with Crippen molar-refractivity contribution in [3.8, 4) is 5.75 Å². The van der Waals surface area contributed by atoms with Crippen LogP contribution in [0.2, 0.25) is 0 Å². The van der Waals surface area contributed by atoms with E-state index in [9.17, 15) is 8.42 Å². The first-order valence-electron chi connectivity index (χ1n) is 8.13. The zero-order valence-corrected chi connectivity index (χ0v) is 18.4. The molecule has 0 saturated carbocycles. The van der Waals surface area contributed by atoms with Crippen molar-refractivity contribution in [3.63, 3.8) is 0 Å². The molecule has 1 aromatic carbocycles. The Labute approximate surface area is 167 Å². The highest BCUT2D eigenvalue weighted by Crippen LogP contribution is 2.39. The topological polar surface area (TPSA) is 79.8 Å². The SMILES string of the molecule is CN=C(NCCCS(C)(=O)=O)NC1CC(C)(C)Oc2ccccc21.I. The number of fused-ring (bicyclic) bond motifs is 1. The number of hydrogen-bond acceptors (Lipinski definition) is 4. The van der Waals surface area contributed by atoms with Crippen LogP contribution in [0.3, 0.4) is 0 Å². The fourth-order valence-electron chi connectivity index (χ4n) is 2.83. The van der Waals surface area contributed by atoms with Gasteiger partial charge >= 0.3 is 0 Å². The van der Waals surface area contributed by atoms with Crippen LogP contribution in [0, 0.1) is 0 Å². The zero-order chi connectivity index (χ0) is 17.8. The van der Waals surface area contributed by atoms with Gasteiger partial charge in [0.25, 0.3) is 0 Å². The van der Waals surface area contributed by atoms with E-state index in [-0.39, 0.29) is 41.4 Å². The van der Waals surface area contributed by atoms with Crippen molar-refractivity contribution in [2.75, 3.05) is 25.6 Å². The number of ether oxygens (including phenoxy) is 1. The smallest absolute Gasteiger partial charge is 0.191 e. The van der Waals surface area contributed by atoms with Crippen LogP contribution < -0.4 is 15.4 Å². The van der Waals surface area contributed by atoms with Gasteiger partial charge in [-0.15, -0.1) is 24.0 Å². The van der Waals surface area contributed by atoms with Crippen molar-refractivity contribution in [2.45, 2.75) is 38.3 Å². The molecule has 0 bridgehead atoms. The minimum atomic E-state index is -2.93. The number of sulfone groups is 1. The molecule has 1 heterocycles. The molecular formula is C17H28IN3O3S. The summed E-state index contributed by atoms with van der Waals surface area (Å²) in [6.45, 7) is 4.70. The van der Waals surface area contributed by atoms with Gasteiger partial charge < -0.3 is 15.4 Å². The van der Waals surface area contributed by atoms with Gasteiger partial charge in [-0.1, -0.05) is 18.2 Å². The molecule has 142 valence electrons. The predicted molar refractivity (Wildman–Crippen MR) is 113 cm³/mol. The van der Waals surface area contributed by atoms with E-state index in [4.69, 9.17) is 4.74 Å². The molecule has 2 rings (SSSR count). The van der Waals surface area contributed by atoms with Gasteiger partial charge in [-0.3, -0.25) is 4.99 Å². The standard InChI is InChI=1S/C17H27N3O3S.HI/c1-17(2)12-14(13-8-5-6-9-15(13)23-17)20-16(18-3)19-10-7-11-24(4,21)22;/h5-6,8-9,14H,7,10-12H2,1-4H3,(H2,18,19,20);1H. The van der Waals surface area contributed by atoms with Crippen molar-refractivity contribution in [3.05, 3.63) is 29.8 Å². The molecule has 0 fully saturated rings. The van der Waals surface area contributed by atoms with E-state index >= 15 is 0 Å². The molecule has 0 saturated heterocycles. The Kier molecular flexibility index (Phi) is 7.98. The Balaban J connectivity index is 0.00000312. The van der Waals surface area contributed by atoms with E-state index < -0.39 is 9.84 Å². The summed E-state index contributed by atoms with van der Waals surface area (Å²) in [5, 5.41) is 6.61. The van der Waals surface area contributed by atoms with Crippen LogP contribution in [0.25, 0.3) is 0 Å². The van der Waals surface area contributed by atoms with E-state index in [0.717, 1.165) is 17.7 Å². The van der Waals surface area contributed by atoms with E-state index in [1.807, 2.05) is 18.2 Å². The third-order valence-electron chi connectivity index (χ3n) is 3.90. The third kappa shape index (κ3) is 7.01. The highest BCUT2D eigenvalue weighted by atomic mass is 127. The van der Waals surface area contributed by atoms with E-state index in [0.29, 0.717) is 18.9 Å². The first-order chi connectivity index (χ1) is 11.2. The summed E-state index contributed by atoms with van der Waals surface area (Å²) in [5.41, 5.74) is 0.845. The largest absolute Gasteiger partial charge is 0.487 e. The molecule has 1 unspecified atom stereocenters. The number of nitrogens with one attached hydrogen (secondary N) is 2. The van der Waals surface area contributed by atoms with Crippen molar-refractivity contribution >= 4 is 39.8 Å². The van der Waals surface area contributed by atoms with Crippen molar-refractivity contribution in [1.29, 1.82) is 0 Å². The number of nitrogens with zero attached hydrogens (tertiary/aromatic N) is 1. The molecule has 6 nitrogen and oxygen atoms in total. The molecule has 0 radical (unpaired) electrons.